The van der Waals surface area contributed by atoms with Crippen molar-refractivity contribution in [3.63, 3.8) is 0 Å². The summed E-state index contributed by atoms with van der Waals surface area (Å²) in [7, 11) is 0. The van der Waals surface area contributed by atoms with Crippen molar-refractivity contribution in [2.45, 2.75) is 91.0 Å². The van der Waals surface area contributed by atoms with E-state index in [9.17, 15) is 19.2 Å². The Morgan fingerprint density at radius 3 is 2.43 bits per heavy atom. The maximum atomic E-state index is 14.8. The number of halogens is 2. The molecule has 0 fully saturated rings. The van der Waals surface area contributed by atoms with E-state index in [1.165, 1.54) is 0 Å². The minimum absolute atomic E-state index is 0.0233. The minimum Gasteiger partial charge on any atom is -0.445 e. The van der Waals surface area contributed by atoms with Crippen LogP contribution in [0.1, 0.15) is 82.6 Å². The normalized spacial score (nSPS) is 17.5. The van der Waals surface area contributed by atoms with Crippen LogP contribution in [-0.4, -0.2) is 57.2 Å². The molecule has 4 aromatic rings. The smallest absolute Gasteiger partial charge is 0.408 e. The highest BCUT2D eigenvalue weighted by molar-refractivity contribution is 6.38. The monoisotopic (exact) mass is 768 g/mol. The van der Waals surface area contributed by atoms with E-state index >= 15 is 0 Å². The number of benzene rings is 2. The topological polar surface area (TPSA) is 192 Å². The molecule has 2 heterocycles. The molecule has 1 aliphatic rings. The maximum absolute atomic E-state index is 14.8. The number of nitrogens with zero attached hydrogens (tertiary/aromatic N) is 2. The Bertz CT molecular complexity index is 1930. The number of alkyl carbamates (subject to hydrolysis) is 1. The number of amides is 5. The molecule has 5 amide bonds. The molecule has 2 aromatic carbocycles. The van der Waals surface area contributed by atoms with Crippen LogP contribution in [0.2, 0.25) is 10.0 Å². The zero-order valence-electron chi connectivity index (χ0n) is 30.4. The predicted molar refractivity (Wildman–Crippen MR) is 202 cm³/mol. The Morgan fingerprint density at radius 2 is 1.74 bits per heavy atom. The highest BCUT2D eigenvalue weighted by Crippen LogP contribution is 2.39. The van der Waals surface area contributed by atoms with Gasteiger partial charge >= 0.3 is 18.1 Å². The fourth-order valence-electron chi connectivity index (χ4n) is 6.41. The number of carbonyl (C=O) groups is 4. The number of aryl methyl sites for hydroxylation is 1. The molecule has 53 heavy (non-hydrogen) atoms. The first-order chi connectivity index (χ1) is 25.4. The molecule has 0 aliphatic heterocycles. The van der Waals surface area contributed by atoms with Crippen LogP contribution in [-0.2, 0) is 33.8 Å². The van der Waals surface area contributed by atoms with Crippen molar-refractivity contribution in [3.05, 3.63) is 75.2 Å². The lowest BCUT2D eigenvalue weighted by atomic mass is 9.78. The average molecular weight is 770 g/mol. The number of ether oxygens (including phenoxy) is 1. The zero-order chi connectivity index (χ0) is 38.3. The van der Waals surface area contributed by atoms with E-state index in [-0.39, 0.29) is 43.2 Å². The third-order valence-electron chi connectivity index (χ3n) is 9.84. The van der Waals surface area contributed by atoms with E-state index in [0.29, 0.717) is 41.4 Å². The SMILES string of the molecule is CCNC(=O)Nc1nnc(C(NC(=O)[C@@]2(NC(=O)C(NC(=O)OCc3ccccc3)C(C)CC)CCc3[nH]c4c(Cl)cc(Cl)cc4c3C2)C(C)CC)o1. The Labute approximate surface area is 317 Å². The lowest BCUT2D eigenvalue weighted by Crippen LogP contribution is -2.65. The Hall–Kier alpha value is -4.82. The van der Waals surface area contributed by atoms with E-state index < -0.39 is 41.6 Å². The first-order valence-corrected chi connectivity index (χ1v) is 18.6. The van der Waals surface area contributed by atoms with Gasteiger partial charge in [0, 0.05) is 29.1 Å². The molecule has 0 saturated carbocycles. The van der Waals surface area contributed by atoms with Crippen LogP contribution >= 0.6 is 23.2 Å². The van der Waals surface area contributed by atoms with Gasteiger partial charge in [0.25, 0.3) is 0 Å². The van der Waals surface area contributed by atoms with Crippen molar-refractivity contribution in [2.24, 2.45) is 11.8 Å². The van der Waals surface area contributed by atoms with Gasteiger partial charge in [-0.3, -0.25) is 14.9 Å². The molecular formula is C37H46Cl2N8O6. The molecule has 0 saturated heterocycles. The van der Waals surface area contributed by atoms with Crippen LogP contribution in [0.3, 0.4) is 0 Å². The number of H-pyrrole nitrogens is 1. The van der Waals surface area contributed by atoms with E-state index in [4.69, 9.17) is 32.4 Å². The molecule has 4 unspecified atom stereocenters. The van der Waals surface area contributed by atoms with Crippen LogP contribution in [0.5, 0.6) is 0 Å². The summed E-state index contributed by atoms with van der Waals surface area (Å²) in [6, 6.07) is 10.2. The van der Waals surface area contributed by atoms with Crippen LogP contribution in [0.25, 0.3) is 10.9 Å². The van der Waals surface area contributed by atoms with Gasteiger partial charge < -0.3 is 35.4 Å². The van der Waals surface area contributed by atoms with Crippen molar-refractivity contribution in [1.82, 2.24) is 36.4 Å². The molecule has 0 bridgehead atoms. The zero-order valence-corrected chi connectivity index (χ0v) is 31.9. The Kier molecular flexibility index (Phi) is 12.9. The first-order valence-electron chi connectivity index (χ1n) is 17.8. The van der Waals surface area contributed by atoms with Gasteiger partial charge in [-0.1, -0.05) is 99.2 Å². The summed E-state index contributed by atoms with van der Waals surface area (Å²) in [4.78, 5) is 57.7. The second kappa shape index (κ2) is 17.3. The van der Waals surface area contributed by atoms with E-state index in [0.717, 1.165) is 22.2 Å². The van der Waals surface area contributed by atoms with Gasteiger partial charge in [-0.25, -0.2) is 9.59 Å². The second-order valence-corrected chi connectivity index (χ2v) is 14.3. The fourth-order valence-corrected chi connectivity index (χ4v) is 6.95. The second-order valence-electron chi connectivity index (χ2n) is 13.5. The molecule has 6 N–H and O–H groups in total. The third kappa shape index (κ3) is 9.22. The summed E-state index contributed by atoms with van der Waals surface area (Å²) in [5, 5.41) is 23.7. The molecule has 0 spiro atoms. The van der Waals surface area contributed by atoms with E-state index in [2.05, 4.69) is 41.8 Å². The molecular weight excluding hydrogens is 723 g/mol. The number of carbonyl (C=O) groups excluding carboxylic acids is 4. The van der Waals surface area contributed by atoms with Crippen molar-refractivity contribution in [3.8, 4) is 0 Å². The number of hydrogen-bond acceptors (Lipinski definition) is 8. The first kappa shape index (κ1) is 39.4. The van der Waals surface area contributed by atoms with Gasteiger partial charge in [0.15, 0.2) is 0 Å². The number of fused-ring (bicyclic) bond motifs is 3. The van der Waals surface area contributed by atoms with Crippen molar-refractivity contribution < 1.29 is 28.3 Å². The number of hydrogen-bond donors (Lipinski definition) is 6. The Morgan fingerprint density at radius 1 is 1.00 bits per heavy atom. The quantitative estimate of drug-likeness (QED) is 0.0828. The predicted octanol–water partition coefficient (Wildman–Crippen LogP) is 6.59. The number of urea groups is 1. The summed E-state index contributed by atoms with van der Waals surface area (Å²) < 4.78 is 11.3. The van der Waals surface area contributed by atoms with Gasteiger partial charge in [-0.15, -0.1) is 5.10 Å². The molecule has 0 radical (unpaired) electrons. The Balaban J connectivity index is 1.47. The van der Waals surface area contributed by atoms with Gasteiger partial charge in [0.2, 0.25) is 17.7 Å². The van der Waals surface area contributed by atoms with Crippen molar-refractivity contribution >= 4 is 64.1 Å². The molecule has 1 aliphatic carbocycles. The summed E-state index contributed by atoms with van der Waals surface area (Å²) in [5.41, 5.74) is 1.64. The highest BCUT2D eigenvalue weighted by atomic mass is 35.5. The van der Waals surface area contributed by atoms with Crippen LogP contribution in [0.4, 0.5) is 15.6 Å². The van der Waals surface area contributed by atoms with Crippen molar-refractivity contribution in [1.29, 1.82) is 0 Å². The summed E-state index contributed by atoms with van der Waals surface area (Å²) in [6.45, 7) is 9.82. The molecule has 284 valence electrons. The van der Waals surface area contributed by atoms with Crippen LogP contribution in [0, 0.1) is 11.8 Å². The summed E-state index contributed by atoms with van der Waals surface area (Å²) >= 11 is 13.0. The molecule has 5 rings (SSSR count). The van der Waals surface area contributed by atoms with Crippen LogP contribution in [0.15, 0.2) is 46.9 Å². The third-order valence-corrected chi connectivity index (χ3v) is 10.4. The van der Waals surface area contributed by atoms with Gasteiger partial charge in [0.05, 0.1) is 10.5 Å². The number of aromatic nitrogens is 3. The summed E-state index contributed by atoms with van der Waals surface area (Å²) in [5.74, 6) is -1.45. The number of nitrogens with one attached hydrogen (secondary N) is 6. The minimum atomic E-state index is -1.50. The maximum Gasteiger partial charge on any atom is 0.408 e. The summed E-state index contributed by atoms with van der Waals surface area (Å²) in [6.07, 6.45) is 1.11. The molecule has 16 heteroatoms. The standard InChI is InChI=1S/C37H46Cl2N8O6/c1-6-20(4)28(43-36(51)52-19-22-12-10-9-11-13-22)31(48)45-37(15-14-27-25(18-37)24-16-23(38)17-26(39)30(24)41-27)33(49)42-29(21(5)7-2)32-46-47-35(53-32)44-34(50)40-8-3/h9-13,16-17,20-21,28-29,41H,6-8,14-15,18-19H2,1-5H3,(H,42,49)(H,43,51)(H,45,48)(H2,40,44,47,50)/t20?,21?,28?,29?,37-/m1/s1. The van der Waals surface area contributed by atoms with Gasteiger partial charge in [-0.05, 0) is 54.9 Å². The van der Waals surface area contributed by atoms with E-state index in [1.54, 1.807) is 19.1 Å². The largest absolute Gasteiger partial charge is 0.445 e. The van der Waals surface area contributed by atoms with Crippen molar-refractivity contribution in [2.75, 3.05) is 11.9 Å². The van der Waals surface area contributed by atoms with Gasteiger partial charge in [-0.2, -0.15) is 0 Å². The molecule has 14 nitrogen and oxygen atoms in total. The molecule has 2 aromatic heterocycles. The lowest BCUT2D eigenvalue weighted by molar-refractivity contribution is -0.136. The fraction of sp³-hybridized carbons (Fsp3) is 0.459. The van der Waals surface area contributed by atoms with Crippen LogP contribution < -0.4 is 26.6 Å². The van der Waals surface area contributed by atoms with Gasteiger partial charge in [0.1, 0.15) is 24.2 Å². The average Bonchev–Trinajstić information content (AvgIpc) is 3.75. The lowest BCUT2D eigenvalue weighted by Gasteiger charge is -2.39. The molecule has 5 atom stereocenters. The highest BCUT2D eigenvalue weighted by Gasteiger charge is 2.47. The number of anilines is 1. The van der Waals surface area contributed by atoms with E-state index in [1.807, 2.05) is 58.0 Å². The number of rotatable bonds is 14. The number of aromatic amines is 1.